The Bertz CT molecular complexity index is 856. The maximum absolute atomic E-state index is 12.4. The second-order valence-electron chi connectivity index (χ2n) is 5.87. The maximum atomic E-state index is 12.4. The second-order valence-corrected chi connectivity index (χ2v) is 5.87. The van der Waals surface area contributed by atoms with Crippen LogP contribution in [0.4, 0.5) is 11.6 Å². The molecule has 7 heteroatoms. The Morgan fingerprint density at radius 1 is 1.42 bits per heavy atom. The normalized spacial score (nSPS) is 16.2. The van der Waals surface area contributed by atoms with Crippen molar-refractivity contribution in [3.8, 4) is 0 Å². The van der Waals surface area contributed by atoms with Crippen molar-refractivity contribution in [1.82, 2.24) is 15.2 Å². The van der Waals surface area contributed by atoms with Crippen molar-refractivity contribution in [3.05, 3.63) is 59.8 Å². The topological polar surface area (TPSA) is 87.1 Å². The molecular weight excluding hydrogens is 306 g/mol. The van der Waals surface area contributed by atoms with Gasteiger partial charge in [-0.2, -0.15) is 10.1 Å². The molecule has 0 saturated carbocycles. The van der Waals surface area contributed by atoms with Gasteiger partial charge in [0.25, 0.3) is 5.91 Å². The zero-order valence-electron chi connectivity index (χ0n) is 13.2. The molecule has 2 aromatic heterocycles. The van der Waals surface area contributed by atoms with E-state index in [2.05, 4.69) is 50.5 Å². The summed E-state index contributed by atoms with van der Waals surface area (Å²) in [6.07, 6.45) is 3.88. The molecule has 3 heterocycles. The molecular formula is C17H17N5O2. The maximum Gasteiger partial charge on any atom is 0.294 e. The van der Waals surface area contributed by atoms with Crippen molar-refractivity contribution in [2.24, 2.45) is 0 Å². The van der Waals surface area contributed by atoms with Gasteiger partial charge in [-0.1, -0.05) is 18.2 Å². The fourth-order valence-corrected chi connectivity index (χ4v) is 3.14. The van der Waals surface area contributed by atoms with Crippen molar-refractivity contribution in [2.75, 3.05) is 10.2 Å². The molecule has 0 fully saturated rings. The van der Waals surface area contributed by atoms with Crippen LogP contribution in [0.25, 0.3) is 0 Å². The molecule has 0 unspecified atom stereocenters. The molecule has 122 valence electrons. The number of nitrogens with one attached hydrogen (secondary N) is 2. The number of aromatic nitrogens is 3. The minimum atomic E-state index is -0.341. The summed E-state index contributed by atoms with van der Waals surface area (Å²) in [5.74, 6) is 0.247. The van der Waals surface area contributed by atoms with Gasteiger partial charge in [0.2, 0.25) is 5.95 Å². The molecule has 1 atom stereocenters. The number of furan rings is 1. The monoisotopic (exact) mass is 323 g/mol. The highest BCUT2D eigenvalue weighted by Gasteiger charge is 2.27. The summed E-state index contributed by atoms with van der Waals surface area (Å²) in [6.45, 7) is 2.81. The Morgan fingerprint density at radius 2 is 2.29 bits per heavy atom. The Morgan fingerprint density at radius 3 is 3.12 bits per heavy atom. The molecule has 1 aliphatic heterocycles. The lowest BCUT2D eigenvalue weighted by atomic mass is 10.1. The molecule has 3 aromatic rings. The van der Waals surface area contributed by atoms with Gasteiger partial charge in [-0.25, -0.2) is 5.10 Å². The summed E-state index contributed by atoms with van der Waals surface area (Å²) < 4.78 is 5.41. The van der Waals surface area contributed by atoms with Gasteiger partial charge >= 0.3 is 0 Å². The van der Waals surface area contributed by atoms with E-state index in [0.29, 0.717) is 24.3 Å². The van der Waals surface area contributed by atoms with Crippen molar-refractivity contribution in [1.29, 1.82) is 0 Å². The summed E-state index contributed by atoms with van der Waals surface area (Å²) in [4.78, 5) is 18.6. The summed E-state index contributed by atoms with van der Waals surface area (Å²) in [5.41, 5.74) is 3.39. The predicted octanol–water partition coefficient (Wildman–Crippen LogP) is 2.60. The van der Waals surface area contributed by atoms with Crippen LogP contribution in [-0.4, -0.2) is 27.1 Å². The Hall–Kier alpha value is -3.09. The number of anilines is 2. The highest BCUT2D eigenvalue weighted by molar-refractivity contribution is 6.02. The molecule has 1 aliphatic rings. The van der Waals surface area contributed by atoms with E-state index in [1.165, 1.54) is 23.8 Å². The van der Waals surface area contributed by atoms with E-state index in [9.17, 15) is 4.79 Å². The van der Waals surface area contributed by atoms with E-state index in [1.807, 2.05) is 12.1 Å². The predicted molar refractivity (Wildman–Crippen MR) is 88.8 cm³/mol. The van der Waals surface area contributed by atoms with Gasteiger partial charge in [0.15, 0.2) is 5.76 Å². The number of carbonyl (C=O) groups is 1. The van der Waals surface area contributed by atoms with Crippen LogP contribution in [0.15, 0.2) is 47.3 Å². The van der Waals surface area contributed by atoms with Crippen LogP contribution >= 0.6 is 0 Å². The van der Waals surface area contributed by atoms with Gasteiger partial charge < -0.3 is 9.32 Å². The molecule has 1 amide bonds. The number of benzene rings is 1. The van der Waals surface area contributed by atoms with Gasteiger partial charge in [-0.15, -0.1) is 0 Å². The van der Waals surface area contributed by atoms with E-state index in [1.54, 1.807) is 0 Å². The van der Waals surface area contributed by atoms with E-state index in [0.717, 1.165) is 12.0 Å². The smallest absolute Gasteiger partial charge is 0.294 e. The quantitative estimate of drug-likeness (QED) is 0.770. The number of hydrogen-bond donors (Lipinski definition) is 2. The summed E-state index contributed by atoms with van der Waals surface area (Å²) >= 11 is 0. The largest absolute Gasteiger partial charge is 0.459 e. The first-order valence-electron chi connectivity index (χ1n) is 7.80. The van der Waals surface area contributed by atoms with E-state index in [4.69, 9.17) is 4.42 Å². The van der Waals surface area contributed by atoms with Gasteiger partial charge in [-0.3, -0.25) is 10.1 Å². The van der Waals surface area contributed by atoms with Crippen LogP contribution in [0.1, 0.15) is 28.6 Å². The van der Waals surface area contributed by atoms with Gasteiger partial charge in [-0.05, 0) is 31.0 Å². The van der Waals surface area contributed by atoms with E-state index >= 15 is 0 Å². The number of fused-ring (bicyclic) bond motifs is 1. The van der Waals surface area contributed by atoms with Gasteiger partial charge in [0, 0.05) is 23.8 Å². The van der Waals surface area contributed by atoms with Crippen molar-refractivity contribution in [2.45, 2.75) is 25.9 Å². The number of para-hydroxylation sites is 1. The Kier molecular flexibility index (Phi) is 3.53. The van der Waals surface area contributed by atoms with E-state index < -0.39 is 0 Å². The Labute approximate surface area is 138 Å². The van der Waals surface area contributed by atoms with Crippen molar-refractivity contribution in [3.63, 3.8) is 0 Å². The molecule has 1 aromatic carbocycles. The fraction of sp³-hybridized carbons (Fsp3) is 0.235. The number of nitrogens with zero attached hydrogens (tertiary/aromatic N) is 3. The zero-order valence-corrected chi connectivity index (χ0v) is 13.2. The van der Waals surface area contributed by atoms with Crippen LogP contribution in [0.2, 0.25) is 0 Å². The molecule has 2 N–H and O–H groups in total. The van der Waals surface area contributed by atoms with Crippen LogP contribution in [0.5, 0.6) is 0 Å². The van der Waals surface area contributed by atoms with Crippen molar-refractivity contribution < 1.29 is 9.21 Å². The summed E-state index contributed by atoms with van der Waals surface area (Å²) in [6, 6.07) is 10.6. The average Bonchev–Trinajstić information content (AvgIpc) is 3.29. The van der Waals surface area contributed by atoms with Crippen LogP contribution in [-0.2, 0) is 13.0 Å². The van der Waals surface area contributed by atoms with Crippen molar-refractivity contribution >= 4 is 17.5 Å². The number of aromatic amines is 1. The standard InChI is InChI=1S/C17H17N5O2/c1-11-8-12-4-2-3-5-14(12)22(11)9-13-6-7-24-15(13)16(23)20-17-18-10-19-21-17/h2-7,10-11H,8-9H2,1H3,(H2,18,19,20,21,23)/t11-/m0/s1. The average molecular weight is 323 g/mol. The lowest BCUT2D eigenvalue weighted by Crippen LogP contribution is -2.29. The molecule has 0 saturated heterocycles. The number of hydrogen-bond acceptors (Lipinski definition) is 5. The number of amides is 1. The molecule has 0 spiro atoms. The lowest BCUT2D eigenvalue weighted by molar-refractivity contribution is 0.0994. The number of rotatable bonds is 4. The highest BCUT2D eigenvalue weighted by atomic mass is 16.3. The SMILES string of the molecule is C[C@H]1Cc2ccccc2N1Cc1ccoc1C(=O)Nc1ncn[nH]1. The third-order valence-corrected chi connectivity index (χ3v) is 4.29. The third-order valence-electron chi connectivity index (χ3n) is 4.29. The third kappa shape index (κ3) is 2.54. The van der Waals surface area contributed by atoms with Gasteiger partial charge in [0.1, 0.15) is 6.33 Å². The highest BCUT2D eigenvalue weighted by Crippen LogP contribution is 2.33. The minimum absolute atomic E-state index is 0.294. The number of H-pyrrole nitrogens is 1. The minimum Gasteiger partial charge on any atom is -0.459 e. The summed E-state index contributed by atoms with van der Waals surface area (Å²) in [5, 5.41) is 8.94. The van der Waals surface area contributed by atoms with Crippen LogP contribution in [0.3, 0.4) is 0 Å². The zero-order chi connectivity index (χ0) is 16.5. The van der Waals surface area contributed by atoms with E-state index in [-0.39, 0.29) is 5.91 Å². The second kappa shape index (κ2) is 5.84. The molecule has 0 aliphatic carbocycles. The first-order chi connectivity index (χ1) is 11.7. The summed E-state index contributed by atoms with van der Waals surface area (Å²) in [7, 11) is 0. The Balaban J connectivity index is 1.56. The molecule has 4 rings (SSSR count). The van der Waals surface area contributed by atoms with Crippen LogP contribution in [0, 0.1) is 0 Å². The first kappa shape index (κ1) is 14.5. The molecule has 7 nitrogen and oxygen atoms in total. The fourth-order valence-electron chi connectivity index (χ4n) is 3.14. The molecule has 0 radical (unpaired) electrons. The molecule has 24 heavy (non-hydrogen) atoms. The first-order valence-corrected chi connectivity index (χ1v) is 7.80. The molecule has 0 bridgehead atoms. The van der Waals surface area contributed by atoms with Crippen LogP contribution < -0.4 is 10.2 Å². The lowest BCUT2D eigenvalue weighted by Gasteiger charge is -2.24. The number of carbonyl (C=O) groups excluding carboxylic acids is 1. The van der Waals surface area contributed by atoms with Gasteiger partial charge in [0.05, 0.1) is 6.26 Å².